The molecule has 0 atom stereocenters. The number of pyridine rings is 1. The summed E-state index contributed by atoms with van der Waals surface area (Å²) in [7, 11) is 0. The van der Waals surface area contributed by atoms with Gasteiger partial charge in [-0.2, -0.15) is 5.10 Å². The van der Waals surface area contributed by atoms with E-state index in [1.54, 1.807) is 18.5 Å². The summed E-state index contributed by atoms with van der Waals surface area (Å²) in [6, 6.07) is 14.0. The van der Waals surface area contributed by atoms with Crippen LogP contribution in [0, 0.1) is 6.92 Å². The van der Waals surface area contributed by atoms with Gasteiger partial charge in [-0.25, -0.2) is 4.68 Å². The molecular formula is C22H18BrN5O. The van der Waals surface area contributed by atoms with Gasteiger partial charge in [0.15, 0.2) is 0 Å². The molecule has 5 rings (SSSR count). The molecule has 0 spiro atoms. The fourth-order valence-corrected chi connectivity index (χ4v) is 4.13. The first kappa shape index (κ1) is 17.9. The van der Waals surface area contributed by atoms with Crippen LogP contribution in [0.15, 0.2) is 71.7 Å². The number of benzene rings is 1. The molecular weight excluding hydrogens is 430 g/mol. The second kappa shape index (κ2) is 7.00. The Morgan fingerprint density at radius 1 is 1.07 bits per heavy atom. The van der Waals surface area contributed by atoms with E-state index in [2.05, 4.69) is 44.5 Å². The maximum Gasteiger partial charge on any atom is 0.256 e. The first-order chi connectivity index (χ1) is 14.1. The van der Waals surface area contributed by atoms with Crippen molar-refractivity contribution in [3.05, 3.63) is 94.1 Å². The van der Waals surface area contributed by atoms with Crippen LogP contribution in [0.1, 0.15) is 27.2 Å². The number of hydrogen-bond donors (Lipinski definition) is 0. The summed E-state index contributed by atoms with van der Waals surface area (Å²) in [4.78, 5) is 18.9. The van der Waals surface area contributed by atoms with Crippen molar-refractivity contribution in [2.75, 3.05) is 0 Å². The number of nitrogens with zero attached hydrogens (tertiary/aromatic N) is 5. The van der Waals surface area contributed by atoms with E-state index >= 15 is 0 Å². The molecule has 7 heteroatoms. The second-order valence-corrected chi connectivity index (χ2v) is 8.01. The van der Waals surface area contributed by atoms with Crippen LogP contribution in [-0.4, -0.2) is 30.1 Å². The summed E-state index contributed by atoms with van der Waals surface area (Å²) in [6.45, 7) is 3.07. The van der Waals surface area contributed by atoms with Crippen molar-refractivity contribution in [3.63, 3.8) is 0 Å². The van der Waals surface area contributed by atoms with Crippen molar-refractivity contribution in [2.45, 2.75) is 20.0 Å². The maximum absolute atomic E-state index is 13.0. The third kappa shape index (κ3) is 3.07. The average Bonchev–Trinajstić information content (AvgIpc) is 3.43. The lowest BCUT2D eigenvalue weighted by atomic mass is 10.2. The number of para-hydroxylation sites is 1. The molecule has 4 aromatic rings. The van der Waals surface area contributed by atoms with Gasteiger partial charge in [-0.05, 0) is 52.7 Å². The molecule has 1 aliphatic heterocycles. The highest BCUT2D eigenvalue weighted by Gasteiger charge is 2.32. The number of aryl methyl sites for hydroxylation is 1. The molecule has 0 radical (unpaired) electrons. The van der Waals surface area contributed by atoms with Gasteiger partial charge in [0.2, 0.25) is 0 Å². The van der Waals surface area contributed by atoms with Crippen LogP contribution in [0.5, 0.6) is 0 Å². The van der Waals surface area contributed by atoms with Gasteiger partial charge in [-0.1, -0.05) is 18.2 Å². The first-order valence-corrected chi connectivity index (χ1v) is 10.1. The number of fused-ring (bicyclic) bond motifs is 1. The molecule has 4 heterocycles. The number of hydrogen-bond acceptors (Lipinski definition) is 3. The van der Waals surface area contributed by atoms with E-state index < -0.39 is 0 Å². The minimum atomic E-state index is -0.0438. The van der Waals surface area contributed by atoms with Gasteiger partial charge in [0.05, 0.1) is 30.0 Å². The lowest BCUT2D eigenvalue weighted by Crippen LogP contribution is -2.26. The molecule has 0 aliphatic carbocycles. The van der Waals surface area contributed by atoms with E-state index in [-0.39, 0.29) is 5.91 Å². The summed E-state index contributed by atoms with van der Waals surface area (Å²) in [5, 5.41) is 4.90. The number of halogens is 1. The second-order valence-electron chi connectivity index (χ2n) is 7.09. The van der Waals surface area contributed by atoms with Crippen molar-refractivity contribution >= 4 is 21.8 Å². The summed E-state index contributed by atoms with van der Waals surface area (Å²) in [5.41, 5.74) is 4.75. The highest BCUT2D eigenvalue weighted by atomic mass is 79.9. The molecule has 0 N–H and O–H groups in total. The molecule has 0 bridgehead atoms. The minimum absolute atomic E-state index is 0.0438. The van der Waals surface area contributed by atoms with Gasteiger partial charge in [-0.15, -0.1) is 0 Å². The molecule has 1 aliphatic rings. The Bertz CT molecular complexity index is 1210. The normalized spacial score (nSPS) is 13.0. The molecule has 0 saturated carbocycles. The lowest BCUT2D eigenvalue weighted by molar-refractivity contribution is 0.0748. The van der Waals surface area contributed by atoms with Crippen LogP contribution in [0.25, 0.3) is 11.5 Å². The van der Waals surface area contributed by atoms with Gasteiger partial charge in [0, 0.05) is 34.8 Å². The smallest absolute Gasteiger partial charge is 0.256 e. The number of aromatic nitrogens is 4. The Morgan fingerprint density at radius 3 is 2.62 bits per heavy atom. The standard InChI is InChI=1S/C22H18BrN5O/c1-15-6-2-3-7-20(15)28-21(26-8-4-5-9-26)18-13-27(14-19(18)25-28)22(29)16-10-17(23)12-24-11-16/h2-12H,13-14H2,1H3. The number of carbonyl (C=O) groups excluding carboxylic acids is 1. The summed E-state index contributed by atoms with van der Waals surface area (Å²) < 4.78 is 4.84. The Balaban J connectivity index is 1.56. The molecule has 3 aromatic heterocycles. The molecule has 0 unspecified atom stereocenters. The Labute approximate surface area is 176 Å². The van der Waals surface area contributed by atoms with Gasteiger partial charge >= 0.3 is 0 Å². The first-order valence-electron chi connectivity index (χ1n) is 9.32. The van der Waals surface area contributed by atoms with Crippen molar-refractivity contribution in [1.82, 2.24) is 24.2 Å². The highest BCUT2D eigenvalue weighted by molar-refractivity contribution is 9.10. The zero-order chi connectivity index (χ0) is 20.0. The van der Waals surface area contributed by atoms with Crippen molar-refractivity contribution in [1.29, 1.82) is 0 Å². The van der Waals surface area contributed by atoms with Gasteiger partial charge in [-0.3, -0.25) is 9.78 Å². The summed E-state index contributed by atoms with van der Waals surface area (Å²) in [6.07, 6.45) is 7.29. The zero-order valence-corrected chi connectivity index (χ0v) is 17.4. The Hall–Kier alpha value is -3.19. The third-order valence-corrected chi connectivity index (χ3v) is 5.59. The van der Waals surface area contributed by atoms with Crippen molar-refractivity contribution in [2.24, 2.45) is 0 Å². The highest BCUT2D eigenvalue weighted by Crippen LogP contribution is 2.32. The fraction of sp³-hybridized carbons (Fsp3) is 0.136. The van der Waals surface area contributed by atoms with E-state index in [0.29, 0.717) is 18.7 Å². The average molecular weight is 448 g/mol. The lowest BCUT2D eigenvalue weighted by Gasteiger charge is -2.18. The van der Waals surface area contributed by atoms with Crippen molar-refractivity contribution < 1.29 is 4.79 Å². The maximum atomic E-state index is 13.0. The number of amides is 1. The van der Waals surface area contributed by atoms with Crippen LogP contribution < -0.4 is 0 Å². The largest absolute Gasteiger partial charge is 0.328 e. The van der Waals surface area contributed by atoms with E-state index in [0.717, 1.165) is 32.8 Å². The summed E-state index contributed by atoms with van der Waals surface area (Å²) in [5.74, 6) is 0.930. The number of carbonyl (C=O) groups is 1. The predicted octanol–water partition coefficient (Wildman–Crippen LogP) is 4.28. The topological polar surface area (TPSA) is 56.0 Å². The summed E-state index contributed by atoms with van der Waals surface area (Å²) >= 11 is 3.39. The van der Waals surface area contributed by atoms with E-state index in [1.807, 2.05) is 46.2 Å². The van der Waals surface area contributed by atoms with Gasteiger partial charge in [0.1, 0.15) is 5.82 Å². The van der Waals surface area contributed by atoms with E-state index in [4.69, 9.17) is 5.10 Å². The molecule has 1 aromatic carbocycles. The molecule has 144 valence electrons. The van der Waals surface area contributed by atoms with Crippen LogP contribution >= 0.6 is 15.9 Å². The SMILES string of the molecule is Cc1ccccc1-n1nc2c(c1-n1cccc1)CN(C(=O)c1cncc(Br)c1)C2. The monoisotopic (exact) mass is 447 g/mol. The predicted molar refractivity (Wildman–Crippen MR) is 113 cm³/mol. The minimum Gasteiger partial charge on any atom is -0.328 e. The Morgan fingerprint density at radius 2 is 1.86 bits per heavy atom. The third-order valence-electron chi connectivity index (χ3n) is 5.16. The Kier molecular flexibility index (Phi) is 4.32. The molecule has 29 heavy (non-hydrogen) atoms. The molecule has 1 amide bonds. The quantitative estimate of drug-likeness (QED) is 0.470. The molecule has 0 saturated heterocycles. The van der Waals surface area contributed by atoms with Gasteiger partial charge < -0.3 is 9.47 Å². The molecule has 6 nitrogen and oxygen atoms in total. The van der Waals surface area contributed by atoms with Crippen LogP contribution in [0.4, 0.5) is 0 Å². The zero-order valence-electron chi connectivity index (χ0n) is 15.8. The van der Waals surface area contributed by atoms with E-state index in [1.165, 1.54) is 0 Å². The van der Waals surface area contributed by atoms with E-state index in [9.17, 15) is 4.79 Å². The van der Waals surface area contributed by atoms with Crippen molar-refractivity contribution in [3.8, 4) is 11.5 Å². The van der Waals surface area contributed by atoms with Crippen LogP contribution in [0.3, 0.4) is 0 Å². The van der Waals surface area contributed by atoms with Gasteiger partial charge in [0.25, 0.3) is 5.91 Å². The molecule has 0 fully saturated rings. The number of rotatable bonds is 3. The van der Waals surface area contributed by atoms with Crippen LogP contribution in [-0.2, 0) is 13.1 Å². The van der Waals surface area contributed by atoms with Crippen LogP contribution in [0.2, 0.25) is 0 Å². The fourth-order valence-electron chi connectivity index (χ4n) is 3.77.